The van der Waals surface area contributed by atoms with Crippen LogP contribution in [0.15, 0.2) is 36.5 Å². The van der Waals surface area contributed by atoms with Crippen LogP contribution >= 0.6 is 11.6 Å². The number of benzene rings is 1. The van der Waals surface area contributed by atoms with E-state index >= 15 is 0 Å². The zero-order chi connectivity index (χ0) is 9.97. The Kier molecular flexibility index (Phi) is 2.75. The Labute approximate surface area is 87.7 Å². The van der Waals surface area contributed by atoms with Crippen LogP contribution in [0.2, 0.25) is 0 Å². The fourth-order valence-corrected chi connectivity index (χ4v) is 1.88. The van der Waals surface area contributed by atoms with Crippen LogP contribution in [0, 0.1) is 0 Å². The Balaban J connectivity index is 2.51. The molecule has 1 aromatic heterocycles. The highest BCUT2D eigenvalue weighted by atomic mass is 35.5. The number of aliphatic hydroxyl groups is 1. The van der Waals surface area contributed by atoms with Gasteiger partial charge in [-0.15, -0.1) is 11.6 Å². The topological polar surface area (TPSA) is 25.2 Å². The molecule has 0 aliphatic carbocycles. The van der Waals surface area contributed by atoms with Crippen LogP contribution in [0.5, 0.6) is 0 Å². The first-order valence-electron chi connectivity index (χ1n) is 4.59. The lowest BCUT2D eigenvalue weighted by Gasteiger charge is -2.14. The van der Waals surface area contributed by atoms with Gasteiger partial charge in [-0.2, -0.15) is 0 Å². The maximum atomic E-state index is 9.15. The molecule has 74 valence electrons. The highest BCUT2D eigenvalue weighted by Crippen LogP contribution is 2.20. The SMILES string of the molecule is OC[C@@H](CCl)n1ccc2ccccc21. The highest BCUT2D eigenvalue weighted by molar-refractivity contribution is 6.18. The van der Waals surface area contributed by atoms with E-state index in [4.69, 9.17) is 16.7 Å². The van der Waals surface area contributed by atoms with Crippen LogP contribution in [0.1, 0.15) is 6.04 Å². The van der Waals surface area contributed by atoms with E-state index in [-0.39, 0.29) is 12.6 Å². The second-order valence-corrected chi connectivity index (χ2v) is 3.58. The average Bonchev–Trinajstić information content (AvgIpc) is 2.65. The van der Waals surface area contributed by atoms with Crippen molar-refractivity contribution in [2.24, 2.45) is 0 Å². The van der Waals surface area contributed by atoms with Gasteiger partial charge in [0.25, 0.3) is 0 Å². The molecule has 1 N–H and O–H groups in total. The number of fused-ring (bicyclic) bond motifs is 1. The zero-order valence-corrected chi connectivity index (χ0v) is 8.48. The van der Waals surface area contributed by atoms with E-state index in [1.54, 1.807) is 0 Å². The first kappa shape index (κ1) is 9.56. The molecule has 0 aliphatic rings. The van der Waals surface area contributed by atoms with Gasteiger partial charge in [0.15, 0.2) is 0 Å². The van der Waals surface area contributed by atoms with E-state index in [9.17, 15) is 0 Å². The lowest BCUT2D eigenvalue weighted by atomic mass is 10.2. The lowest BCUT2D eigenvalue weighted by Crippen LogP contribution is -2.13. The first-order chi connectivity index (χ1) is 6.86. The molecule has 2 aromatic rings. The van der Waals surface area contributed by atoms with Crippen molar-refractivity contribution in [2.75, 3.05) is 12.5 Å². The smallest absolute Gasteiger partial charge is 0.0702 e. The van der Waals surface area contributed by atoms with E-state index in [0.717, 1.165) is 5.52 Å². The van der Waals surface area contributed by atoms with Gasteiger partial charge < -0.3 is 9.67 Å². The molecule has 14 heavy (non-hydrogen) atoms. The van der Waals surface area contributed by atoms with E-state index in [2.05, 4.69) is 6.07 Å². The summed E-state index contributed by atoms with van der Waals surface area (Å²) >= 11 is 5.78. The summed E-state index contributed by atoms with van der Waals surface area (Å²) in [6.45, 7) is 0.0716. The molecule has 0 radical (unpaired) electrons. The summed E-state index contributed by atoms with van der Waals surface area (Å²) in [6.07, 6.45) is 1.97. The maximum absolute atomic E-state index is 9.15. The van der Waals surface area contributed by atoms with Gasteiger partial charge in [0.2, 0.25) is 0 Å². The molecule has 2 nitrogen and oxygen atoms in total. The number of aromatic nitrogens is 1. The largest absolute Gasteiger partial charge is 0.394 e. The van der Waals surface area contributed by atoms with Crippen molar-refractivity contribution in [1.29, 1.82) is 0 Å². The van der Waals surface area contributed by atoms with Gasteiger partial charge in [0.05, 0.1) is 12.6 Å². The number of nitrogens with zero attached hydrogens (tertiary/aromatic N) is 1. The van der Waals surface area contributed by atoms with Gasteiger partial charge in [-0.1, -0.05) is 18.2 Å². The molecule has 0 amide bonds. The summed E-state index contributed by atoms with van der Waals surface area (Å²) in [5.41, 5.74) is 1.12. The van der Waals surface area contributed by atoms with Crippen molar-refractivity contribution < 1.29 is 5.11 Å². The number of halogens is 1. The van der Waals surface area contributed by atoms with Crippen LogP contribution in [0.25, 0.3) is 10.9 Å². The number of rotatable bonds is 3. The third kappa shape index (κ3) is 1.51. The molecule has 3 heteroatoms. The van der Waals surface area contributed by atoms with Gasteiger partial charge in [0, 0.05) is 17.6 Å². The number of aliphatic hydroxyl groups excluding tert-OH is 1. The van der Waals surface area contributed by atoms with E-state index in [0.29, 0.717) is 5.88 Å². The molecule has 1 heterocycles. The van der Waals surface area contributed by atoms with E-state index in [1.165, 1.54) is 5.39 Å². The fourth-order valence-electron chi connectivity index (χ4n) is 1.63. The Hall–Kier alpha value is -0.990. The molecule has 0 bridgehead atoms. The van der Waals surface area contributed by atoms with Gasteiger partial charge in [0.1, 0.15) is 0 Å². The third-order valence-electron chi connectivity index (χ3n) is 2.41. The summed E-state index contributed by atoms with van der Waals surface area (Å²) < 4.78 is 2.02. The predicted molar refractivity (Wildman–Crippen MR) is 58.8 cm³/mol. The van der Waals surface area contributed by atoms with Gasteiger partial charge in [-0.05, 0) is 17.5 Å². The molecule has 0 spiro atoms. The van der Waals surface area contributed by atoms with Crippen molar-refractivity contribution in [1.82, 2.24) is 4.57 Å². The molecular weight excluding hydrogens is 198 g/mol. The second kappa shape index (κ2) is 4.03. The Morgan fingerprint density at radius 2 is 2.07 bits per heavy atom. The standard InChI is InChI=1S/C11H12ClNO/c12-7-10(8-14)13-6-5-9-3-1-2-4-11(9)13/h1-6,10,14H,7-8H2/t10-/m1/s1. The molecule has 1 aromatic carbocycles. The molecular formula is C11H12ClNO. The van der Waals surface area contributed by atoms with Crippen LogP contribution in [-0.4, -0.2) is 22.2 Å². The molecule has 0 saturated heterocycles. The number of hydrogen-bond donors (Lipinski definition) is 1. The summed E-state index contributed by atoms with van der Waals surface area (Å²) in [4.78, 5) is 0. The van der Waals surface area contributed by atoms with Crippen molar-refractivity contribution in [3.8, 4) is 0 Å². The monoisotopic (exact) mass is 209 g/mol. The lowest BCUT2D eigenvalue weighted by molar-refractivity contribution is 0.243. The summed E-state index contributed by atoms with van der Waals surface area (Å²) in [5.74, 6) is 0.426. The molecule has 0 unspecified atom stereocenters. The maximum Gasteiger partial charge on any atom is 0.0702 e. The zero-order valence-electron chi connectivity index (χ0n) is 7.73. The Bertz CT molecular complexity index is 420. The van der Waals surface area contributed by atoms with E-state index < -0.39 is 0 Å². The van der Waals surface area contributed by atoms with Gasteiger partial charge in [-0.25, -0.2) is 0 Å². The summed E-state index contributed by atoms with van der Waals surface area (Å²) in [7, 11) is 0. The Morgan fingerprint density at radius 3 is 2.79 bits per heavy atom. The minimum Gasteiger partial charge on any atom is -0.394 e. The summed E-state index contributed by atoms with van der Waals surface area (Å²) in [5, 5.41) is 10.3. The highest BCUT2D eigenvalue weighted by Gasteiger charge is 2.09. The van der Waals surface area contributed by atoms with Gasteiger partial charge in [-0.3, -0.25) is 0 Å². The second-order valence-electron chi connectivity index (χ2n) is 3.27. The van der Waals surface area contributed by atoms with Crippen molar-refractivity contribution in [3.05, 3.63) is 36.5 Å². The molecule has 0 aliphatic heterocycles. The molecule has 1 atom stereocenters. The van der Waals surface area contributed by atoms with Crippen LogP contribution in [0.3, 0.4) is 0 Å². The Morgan fingerprint density at radius 1 is 1.29 bits per heavy atom. The molecule has 2 rings (SSSR count). The fraction of sp³-hybridized carbons (Fsp3) is 0.273. The molecule has 0 fully saturated rings. The minimum absolute atomic E-state index is 0.0310. The average molecular weight is 210 g/mol. The molecule has 0 saturated carbocycles. The van der Waals surface area contributed by atoms with Crippen molar-refractivity contribution >= 4 is 22.5 Å². The number of alkyl halides is 1. The number of para-hydroxylation sites is 1. The normalized spacial score (nSPS) is 13.3. The third-order valence-corrected chi connectivity index (χ3v) is 2.77. The number of hydrogen-bond acceptors (Lipinski definition) is 1. The van der Waals surface area contributed by atoms with Gasteiger partial charge >= 0.3 is 0 Å². The van der Waals surface area contributed by atoms with Crippen LogP contribution in [0.4, 0.5) is 0 Å². The van der Waals surface area contributed by atoms with Crippen LogP contribution in [-0.2, 0) is 0 Å². The first-order valence-corrected chi connectivity index (χ1v) is 5.12. The predicted octanol–water partition coefficient (Wildman–Crippen LogP) is 2.41. The van der Waals surface area contributed by atoms with Crippen LogP contribution < -0.4 is 0 Å². The quantitative estimate of drug-likeness (QED) is 0.772. The minimum atomic E-state index is -0.0310. The van der Waals surface area contributed by atoms with E-state index in [1.807, 2.05) is 35.0 Å². The van der Waals surface area contributed by atoms with Crippen molar-refractivity contribution in [3.63, 3.8) is 0 Å². The summed E-state index contributed by atoms with van der Waals surface area (Å²) in [6, 6.07) is 10.1. The van der Waals surface area contributed by atoms with Crippen molar-refractivity contribution in [2.45, 2.75) is 6.04 Å².